The Morgan fingerprint density at radius 2 is 1.95 bits per heavy atom. The predicted molar refractivity (Wildman–Crippen MR) is 79.4 cm³/mol. The number of fused-ring (bicyclic) bond motifs is 1. The zero-order valence-electron chi connectivity index (χ0n) is 11.5. The molecule has 0 bridgehead atoms. The Morgan fingerprint density at radius 3 is 2.71 bits per heavy atom. The van der Waals surface area contributed by atoms with Gasteiger partial charge in [0.05, 0.1) is 23.7 Å². The first-order chi connectivity index (χ1) is 10.1. The first-order valence-corrected chi connectivity index (χ1v) is 6.56. The first kappa shape index (κ1) is 13.2. The molecule has 5 heteroatoms. The number of aromatic amines is 1. The number of ketones is 1. The average Bonchev–Trinajstić information content (AvgIpc) is 2.48. The van der Waals surface area contributed by atoms with Crippen molar-refractivity contribution in [1.29, 1.82) is 0 Å². The van der Waals surface area contributed by atoms with Crippen LogP contribution in [-0.2, 0) is 6.42 Å². The van der Waals surface area contributed by atoms with Gasteiger partial charge >= 0.3 is 0 Å². The van der Waals surface area contributed by atoms with Crippen LogP contribution in [0.3, 0.4) is 0 Å². The zero-order chi connectivity index (χ0) is 14.8. The number of nitrogens with one attached hydrogen (secondary N) is 1. The van der Waals surface area contributed by atoms with Crippen molar-refractivity contribution in [1.82, 2.24) is 15.0 Å². The summed E-state index contributed by atoms with van der Waals surface area (Å²) in [6.07, 6.45) is 3.12. The molecule has 3 rings (SSSR count). The van der Waals surface area contributed by atoms with Crippen LogP contribution in [-0.4, -0.2) is 20.7 Å². The molecule has 104 valence electrons. The second-order valence-corrected chi connectivity index (χ2v) is 4.87. The molecule has 0 spiro atoms. The molecule has 0 atom stereocenters. The number of aromatic nitrogens is 3. The molecule has 0 aliphatic heterocycles. The van der Waals surface area contributed by atoms with Gasteiger partial charge in [-0.05, 0) is 13.0 Å². The van der Waals surface area contributed by atoms with Gasteiger partial charge in [0.25, 0.3) is 5.56 Å². The highest BCUT2D eigenvalue weighted by Crippen LogP contribution is 2.08. The van der Waals surface area contributed by atoms with Gasteiger partial charge < -0.3 is 4.98 Å². The van der Waals surface area contributed by atoms with Crippen molar-refractivity contribution in [2.75, 3.05) is 0 Å². The molecule has 21 heavy (non-hydrogen) atoms. The van der Waals surface area contributed by atoms with Crippen molar-refractivity contribution in [3.63, 3.8) is 0 Å². The Balaban J connectivity index is 1.94. The normalized spacial score (nSPS) is 10.7. The van der Waals surface area contributed by atoms with Gasteiger partial charge in [-0.15, -0.1) is 0 Å². The van der Waals surface area contributed by atoms with E-state index in [2.05, 4.69) is 15.0 Å². The SMILES string of the molecule is Cc1ccc(C(=O)Cc2nc3ccncc3[nH]c2=O)cc1. The molecule has 0 aliphatic rings. The van der Waals surface area contributed by atoms with E-state index in [1.165, 1.54) is 6.20 Å². The number of carbonyl (C=O) groups excluding carboxylic acids is 1. The summed E-state index contributed by atoms with van der Waals surface area (Å²) in [7, 11) is 0. The largest absolute Gasteiger partial charge is 0.318 e. The standard InChI is InChI=1S/C16H13N3O2/c1-10-2-4-11(5-3-10)15(20)8-13-16(21)19-14-9-17-7-6-12(14)18-13/h2-7,9H,8H2,1H3,(H,19,21). The van der Waals surface area contributed by atoms with Gasteiger partial charge in [-0.3, -0.25) is 14.6 Å². The summed E-state index contributed by atoms with van der Waals surface area (Å²) in [4.78, 5) is 35.0. The van der Waals surface area contributed by atoms with E-state index in [-0.39, 0.29) is 23.5 Å². The van der Waals surface area contributed by atoms with Gasteiger partial charge in [-0.25, -0.2) is 4.98 Å². The van der Waals surface area contributed by atoms with Crippen LogP contribution in [0.5, 0.6) is 0 Å². The van der Waals surface area contributed by atoms with Gasteiger partial charge in [-0.1, -0.05) is 29.8 Å². The summed E-state index contributed by atoms with van der Waals surface area (Å²) in [6.45, 7) is 1.96. The predicted octanol–water partition coefficient (Wildman–Crippen LogP) is 2.05. The fourth-order valence-electron chi connectivity index (χ4n) is 2.08. The fourth-order valence-corrected chi connectivity index (χ4v) is 2.08. The van der Waals surface area contributed by atoms with Crippen molar-refractivity contribution in [2.24, 2.45) is 0 Å². The summed E-state index contributed by atoms with van der Waals surface area (Å²) < 4.78 is 0. The Labute approximate surface area is 120 Å². The van der Waals surface area contributed by atoms with Crippen LogP contribution >= 0.6 is 0 Å². The lowest BCUT2D eigenvalue weighted by atomic mass is 10.1. The summed E-state index contributed by atoms with van der Waals surface area (Å²) in [5.41, 5.74) is 2.72. The molecule has 2 aromatic heterocycles. The monoisotopic (exact) mass is 279 g/mol. The number of aryl methyl sites for hydroxylation is 1. The van der Waals surface area contributed by atoms with Gasteiger partial charge in [0, 0.05) is 11.8 Å². The number of pyridine rings is 1. The Hall–Kier alpha value is -2.82. The molecule has 0 saturated carbocycles. The van der Waals surface area contributed by atoms with Gasteiger partial charge in [-0.2, -0.15) is 0 Å². The maximum Gasteiger partial charge on any atom is 0.270 e. The number of nitrogens with zero attached hydrogens (tertiary/aromatic N) is 2. The van der Waals surface area contributed by atoms with Crippen LogP contribution < -0.4 is 5.56 Å². The molecule has 0 radical (unpaired) electrons. The molecule has 0 unspecified atom stereocenters. The third-order valence-electron chi connectivity index (χ3n) is 3.27. The van der Waals surface area contributed by atoms with Crippen molar-refractivity contribution in [3.8, 4) is 0 Å². The topological polar surface area (TPSA) is 75.7 Å². The van der Waals surface area contributed by atoms with Crippen LogP contribution in [0.25, 0.3) is 11.0 Å². The van der Waals surface area contributed by atoms with Gasteiger partial charge in [0.2, 0.25) is 0 Å². The van der Waals surface area contributed by atoms with E-state index in [1.807, 2.05) is 19.1 Å². The molecular formula is C16H13N3O2. The van der Waals surface area contributed by atoms with E-state index >= 15 is 0 Å². The van der Waals surface area contributed by atoms with Crippen LogP contribution in [0.1, 0.15) is 21.6 Å². The second kappa shape index (κ2) is 5.28. The average molecular weight is 279 g/mol. The number of Topliss-reactive ketones (excluding diaryl/α,β-unsaturated/α-hetero) is 1. The van der Waals surface area contributed by atoms with Crippen LogP contribution in [0.4, 0.5) is 0 Å². The lowest BCUT2D eigenvalue weighted by molar-refractivity contribution is 0.0991. The molecule has 1 N–H and O–H groups in total. The molecule has 0 amide bonds. The molecule has 2 heterocycles. The van der Waals surface area contributed by atoms with Crippen LogP contribution in [0, 0.1) is 6.92 Å². The maximum atomic E-state index is 12.2. The van der Waals surface area contributed by atoms with E-state index in [0.717, 1.165) is 5.56 Å². The Kier molecular flexibility index (Phi) is 3.31. The summed E-state index contributed by atoms with van der Waals surface area (Å²) >= 11 is 0. The number of hydrogen-bond acceptors (Lipinski definition) is 4. The third kappa shape index (κ3) is 2.72. The van der Waals surface area contributed by atoms with E-state index in [4.69, 9.17) is 0 Å². The quantitative estimate of drug-likeness (QED) is 0.744. The molecule has 0 aliphatic carbocycles. The lowest BCUT2D eigenvalue weighted by Gasteiger charge is -2.03. The number of carbonyl (C=O) groups is 1. The first-order valence-electron chi connectivity index (χ1n) is 6.56. The summed E-state index contributed by atoms with van der Waals surface area (Å²) in [6, 6.07) is 8.96. The highest BCUT2D eigenvalue weighted by Gasteiger charge is 2.12. The number of benzene rings is 1. The zero-order valence-corrected chi connectivity index (χ0v) is 11.5. The van der Waals surface area contributed by atoms with Crippen molar-refractivity contribution >= 4 is 16.8 Å². The minimum Gasteiger partial charge on any atom is -0.318 e. The van der Waals surface area contributed by atoms with E-state index < -0.39 is 0 Å². The van der Waals surface area contributed by atoms with E-state index in [0.29, 0.717) is 16.6 Å². The van der Waals surface area contributed by atoms with Crippen LogP contribution in [0.15, 0.2) is 47.5 Å². The highest BCUT2D eigenvalue weighted by molar-refractivity contribution is 5.97. The third-order valence-corrected chi connectivity index (χ3v) is 3.27. The van der Waals surface area contributed by atoms with Crippen LogP contribution in [0.2, 0.25) is 0 Å². The van der Waals surface area contributed by atoms with Crippen molar-refractivity contribution in [3.05, 3.63) is 69.9 Å². The van der Waals surface area contributed by atoms with E-state index in [1.54, 1.807) is 24.4 Å². The number of H-pyrrole nitrogens is 1. The minimum atomic E-state index is -0.351. The van der Waals surface area contributed by atoms with E-state index in [9.17, 15) is 9.59 Å². The highest BCUT2D eigenvalue weighted by atomic mass is 16.1. The van der Waals surface area contributed by atoms with Gasteiger partial charge in [0.15, 0.2) is 5.78 Å². The summed E-state index contributed by atoms with van der Waals surface area (Å²) in [5.74, 6) is -0.124. The smallest absolute Gasteiger partial charge is 0.270 e. The molecule has 0 saturated heterocycles. The van der Waals surface area contributed by atoms with Gasteiger partial charge in [0.1, 0.15) is 5.69 Å². The molecule has 0 fully saturated rings. The van der Waals surface area contributed by atoms with Crippen molar-refractivity contribution in [2.45, 2.75) is 13.3 Å². The molecule has 1 aromatic carbocycles. The minimum absolute atomic E-state index is 0.0172. The Morgan fingerprint density at radius 1 is 1.19 bits per heavy atom. The number of hydrogen-bond donors (Lipinski definition) is 1. The second-order valence-electron chi connectivity index (χ2n) is 4.87. The number of rotatable bonds is 3. The molecule has 5 nitrogen and oxygen atoms in total. The fraction of sp³-hybridized carbons (Fsp3) is 0.125. The molecule has 3 aromatic rings. The Bertz CT molecular complexity index is 867. The maximum absolute atomic E-state index is 12.2. The van der Waals surface area contributed by atoms with Crippen molar-refractivity contribution < 1.29 is 4.79 Å². The lowest BCUT2D eigenvalue weighted by Crippen LogP contribution is -2.19. The molecular weight excluding hydrogens is 266 g/mol. The summed E-state index contributed by atoms with van der Waals surface area (Å²) in [5, 5.41) is 0.